The van der Waals surface area contributed by atoms with Crippen LogP contribution in [0.3, 0.4) is 0 Å². The molecule has 0 aromatic carbocycles. The summed E-state index contributed by atoms with van der Waals surface area (Å²) in [6.45, 7) is 13.2. The van der Waals surface area contributed by atoms with Gasteiger partial charge in [0.2, 0.25) is 5.91 Å². The monoisotopic (exact) mass is 407 g/mol. The lowest BCUT2D eigenvalue weighted by atomic mass is 10.0. The number of carbonyl (C=O) groups is 2. The van der Waals surface area contributed by atoms with Crippen molar-refractivity contribution in [1.29, 1.82) is 0 Å². The molecule has 2 rings (SSSR count). The van der Waals surface area contributed by atoms with Crippen LogP contribution < -0.4 is 10.9 Å². The van der Waals surface area contributed by atoms with E-state index in [0.717, 1.165) is 10.4 Å². The van der Waals surface area contributed by atoms with Gasteiger partial charge in [0.25, 0.3) is 5.56 Å². The van der Waals surface area contributed by atoms with Gasteiger partial charge in [-0.05, 0) is 32.3 Å². The third-order valence-corrected chi connectivity index (χ3v) is 6.40. The fourth-order valence-electron chi connectivity index (χ4n) is 2.79. The Hall–Kier alpha value is -1.93. The second-order valence-electron chi connectivity index (χ2n) is 6.75. The largest absolute Gasteiger partial charge is 0.345 e. The molecule has 0 aliphatic heterocycles. The molecule has 0 fully saturated rings. The van der Waals surface area contributed by atoms with E-state index in [-0.39, 0.29) is 28.9 Å². The molecule has 8 heteroatoms. The fraction of sp³-hybridized carbons (Fsp3) is 0.474. The molecule has 1 amide bonds. The molecular formula is C19H25N3O3S2. The van der Waals surface area contributed by atoms with Gasteiger partial charge >= 0.3 is 0 Å². The molecule has 1 unspecified atom stereocenters. The van der Waals surface area contributed by atoms with Gasteiger partial charge < -0.3 is 5.32 Å². The van der Waals surface area contributed by atoms with Gasteiger partial charge in [0.1, 0.15) is 4.83 Å². The quantitative estimate of drug-likeness (QED) is 0.413. The first-order valence-corrected chi connectivity index (χ1v) is 10.5. The van der Waals surface area contributed by atoms with Crippen LogP contribution in [0.2, 0.25) is 0 Å². The standard InChI is InChI=1S/C19H25N3O3S2/c1-7-8-22-18(25)15-11(4)13(6)27-17(15)21-19(22)26-9-14(24)20-16(10(2)3)12(5)23/h7,10,16H,1,8-9H2,2-6H3,(H,20,24). The zero-order chi connectivity index (χ0) is 20.3. The van der Waals surface area contributed by atoms with E-state index in [4.69, 9.17) is 0 Å². The van der Waals surface area contributed by atoms with Crippen molar-refractivity contribution in [2.45, 2.75) is 52.4 Å². The van der Waals surface area contributed by atoms with Crippen molar-refractivity contribution in [1.82, 2.24) is 14.9 Å². The van der Waals surface area contributed by atoms with Crippen molar-refractivity contribution in [3.05, 3.63) is 33.4 Å². The molecule has 27 heavy (non-hydrogen) atoms. The van der Waals surface area contributed by atoms with Crippen LogP contribution >= 0.6 is 23.1 Å². The van der Waals surface area contributed by atoms with E-state index < -0.39 is 6.04 Å². The number of hydrogen-bond donors (Lipinski definition) is 1. The summed E-state index contributed by atoms with van der Waals surface area (Å²) in [5.41, 5.74) is 0.828. The molecule has 2 aromatic heterocycles. The molecule has 2 aromatic rings. The van der Waals surface area contributed by atoms with Crippen LogP contribution in [-0.2, 0) is 16.1 Å². The minimum atomic E-state index is -0.508. The summed E-state index contributed by atoms with van der Waals surface area (Å²) in [5, 5.41) is 3.87. The van der Waals surface area contributed by atoms with Crippen LogP contribution in [0.25, 0.3) is 10.2 Å². The summed E-state index contributed by atoms with van der Waals surface area (Å²) in [6.07, 6.45) is 1.64. The summed E-state index contributed by atoms with van der Waals surface area (Å²) < 4.78 is 1.54. The number of fused-ring (bicyclic) bond motifs is 1. The second-order valence-corrected chi connectivity index (χ2v) is 8.90. The van der Waals surface area contributed by atoms with Crippen LogP contribution in [0.4, 0.5) is 0 Å². The molecule has 0 aliphatic rings. The van der Waals surface area contributed by atoms with Crippen molar-refractivity contribution in [2.24, 2.45) is 5.92 Å². The highest BCUT2D eigenvalue weighted by Crippen LogP contribution is 2.28. The van der Waals surface area contributed by atoms with E-state index in [0.29, 0.717) is 21.9 Å². The summed E-state index contributed by atoms with van der Waals surface area (Å²) in [6, 6.07) is -0.508. The number of aromatic nitrogens is 2. The third kappa shape index (κ3) is 4.68. The molecule has 0 saturated heterocycles. The maximum atomic E-state index is 12.9. The van der Waals surface area contributed by atoms with Gasteiger partial charge in [0.15, 0.2) is 10.9 Å². The highest BCUT2D eigenvalue weighted by Gasteiger charge is 2.21. The Morgan fingerprint density at radius 2 is 2.04 bits per heavy atom. The Morgan fingerprint density at radius 1 is 1.37 bits per heavy atom. The van der Waals surface area contributed by atoms with Crippen molar-refractivity contribution in [2.75, 3.05) is 5.75 Å². The number of hydrogen-bond acceptors (Lipinski definition) is 6. The summed E-state index contributed by atoms with van der Waals surface area (Å²) in [4.78, 5) is 43.2. The van der Waals surface area contributed by atoms with Gasteiger partial charge in [-0.15, -0.1) is 17.9 Å². The van der Waals surface area contributed by atoms with E-state index in [1.165, 1.54) is 34.6 Å². The molecule has 1 N–H and O–H groups in total. The smallest absolute Gasteiger partial charge is 0.263 e. The van der Waals surface area contributed by atoms with Gasteiger partial charge in [-0.1, -0.05) is 31.7 Å². The zero-order valence-corrected chi connectivity index (χ0v) is 17.9. The number of nitrogens with one attached hydrogen (secondary N) is 1. The number of amides is 1. The predicted molar refractivity (Wildman–Crippen MR) is 112 cm³/mol. The highest BCUT2D eigenvalue weighted by atomic mass is 32.2. The van der Waals surface area contributed by atoms with E-state index in [2.05, 4.69) is 16.9 Å². The van der Waals surface area contributed by atoms with Gasteiger partial charge in [-0.25, -0.2) is 4.98 Å². The van der Waals surface area contributed by atoms with Crippen LogP contribution in [-0.4, -0.2) is 33.0 Å². The minimum Gasteiger partial charge on any atom is -0.345 e. The van der Waals surface area contributed by atoms with E-state index in [1.54, 1.807) is 6.08 Å². The van der Waals surface area contributed by atoms with Crippen LogP contribution in [0.1, 0.15) is 31.2 Å². The average Bonchev–Trinajstić information content (AvgIpc) is 2.87. The number of Topliss-reactive ketones (excluding diaryl/α,β-unsaturated/α-hetero) is 1. The van der Waals surface area contributed by atoms with Crippen molar-refractivity contribution in [3.8, 4) is 0 Å². The first-order chi connectivity index (χ1) is 12.7. The topological polar surface area (TPSA) is 81.1 Å². The molecular weight excluding hydrogens is 382 g/mol. The molecule has 0 aliphatic carbocycles. The lowest BCUT2D eigenvalue weighted by Gasteiger charge is -2.19. The lowest BCUT2D eigenvalue weighted by Crippen LogP contribution is -2.44. The van der Waals surface area contributed by atoms with Gasteiger partial charge in [0.05, 0.1) is 17.2 Å². The summed E-state index contributed by atoms with van der Waals surface area (Å²) in [7, 11) is 0. The number of rotatable bonds is 8. The van der Waals surface area contributed by atoms with Gasteiger partial charge in [-0.3, -0.25) is 19.0 Å². The number of nitrogens with zero attached hydrogens (tertiary/aromatic N) is 2. The van der Waals surface area contributed by atoms with Crippen molar-refractivity contribution < 1.29 is 9.59 Å². The number of thioether (sulfide) groups is 1. The summed E-state index contributed by atoms with van der Waals surface area (Å²) >= 11 is 2.67. The average molecular weight is 408 g/mol. The molecule has 6 nitrogen and oxygen atoms in total. The van der Waals surface area contributed by atoms with E-state index in [9.17, 15) is 14.4 Å². The van der Waals surface area contributed by atoms with Crippen LogP contribution in [0.5, 0.6) is 0 Å². The SMILES string of the molecule is C=CCn1c(SCC(=O)NC(C(C)=O)C(C)C)nc2sc(C)c(C)c2c1=O. The number of aryl methyl sites for hydroxylation is 2. The number of allylic oxidation sites excluding steroid dienone is 1. The molecule has 0 saturated carbocycles. The van der Waals surface area contributed by atoms with Crippen molar-refractivity contribution >= 4 is 45.0 Å². The highest BCUT2D eigenvalue weighted by molar-refractivity contribution is 7.99. The molecule has 1 atom stereocenters. The van der Waals surface area contributed by atoms with Crippen molar-refractivity contribution in [3.63, 3.8) is 0 Å². The Bertz CT molecular complexity index is 944. The first kappa shape index (κ1) is 21.4. The maximum Gasteiger partial charge on any atom is 0.263 e. The molecule has 2 heterocycles. The Balaban J connectivity index is 2.29. The molecule has 0 radical (unpaired) electrons. The predicted octanol–water partition coefficient (Wildman–Crippen LogP) is 3.08. The third-order valence-electron chi connectivity index (χ3n) is 4.32. The van der Waals surface area contributed by atoms with Crippen LogP contribution in [0.15, 0.2) is 22.6 Å². The fourth-order valence-corrected chi connectivity index (χ4v) is 4.68. The lowest BCUT2D eigenvalue weighted by molar-refractivity contribution is -0.126. The first-order valence-electron chi connectivity index (χ1n) is 8.71. The number of thiophene rings is 1. The second kappa shape index (κ2) is 8.84. The Kier molecular flexibility index (Phi) is 7.00. The Labute approximate surface area is 167 Å². The normalized spacial score (nSPS) is 12.4. The van der Waals surface area contributed by atoms with Crippen LogP contribution in [0, 0.1) is 19.8 Å². The maximum absolute atomic E-state index is 12.9. The number of ketones is 1. The minimum absolute atomic E-state index is 0.0157. The van der Waals surface area contributed by atoms with Gasteiger partial charge in [0, 0.05) is 11.4 Å². The van der Waals surface area contributed by atoms with E-state index >= 15 is 0 Å². The zero-order valence-electron chi connectivity index (χ0n) is 16.3. The van der Waals surface area contributed by atoms with Gasteiger partial charge in [-0.2, -0.15) is 0 Å². The summed E-state index contributed by atoms with van der Waals surface area (Å²) in [5.74, 6) is -0.237. The number of carbonyl (C=O) groups excluding carboxylic acids is 2. The van der Waals surface area contributed by atoms with E-state index in [1.807, 2.05) is 27.7 Å². The Morgan fingerprint density at radius 3 is 2.59 bits per heavy atom. The molecule has 146 valence electrons. The molecule has 0 bridgehead atoms. The molecule has 0 spiro atoms.